The van der Waals surface area contributed by atoms with E-state index >= 15 is 0 Å². The number of pyridine rings is 1. The molecule has 4 heteroatoms. The minimum atomic E-state index is 0.573. The van der Waals surface area contributed by atoms with Crippen molar-refractivity contribution in [3.05, 3.63) is 84.2 Å². The molecule has 0 aliphatic heterocycles. The average molecular weight is 306 g/mol. The Bertz CT molecular complexity index is 770. The van der Waals surface area contributed by atoms with E-state index in [1.165, 1.54) is 5.56 Å². The number of benzene rings is 2. The average Bonchev–Trinajstić information content (AvgIpc) is 2.58. The maximum absolute atomic E-state index is 5.83. The molecule has 2 aromatic carbocycles. The fourth-order valence-electron chi connectivity index (χ4n) is 2.31. The van der Waals surface area contributed by atoms with Gasteiger partial charge in [-0.25, -0.2) is 0 Å². The first-order valence-corrected chi connectivity index (χ1v) is 7.50. The SMILES string of the molecule is Nc1cc[n+](Cc2ccc(OCc3ccccc3)cc2)cc1N. The minimum absolute atomic E-state index is 0.573. The van der Waals surface area contributed by atoms with Gasteiger partial charge in [0.2, 0.25) is 0 Å². The standard InChI is InChI=1S/C19H19N3O/c20-18-10-11-22(13-19(18)21)12-15-6-8-17(9-7-15)23-14-16-4-2-1-3-5-16/h1-11,13,20H,12,14,21H2/p+1. The summed E-state index contributed by atoms with van der Waals surface area (Å²) in [5.41, 5.74) is 15.1. The summed E-state index contributed by atoms with van der Waals surface area (Å²) >= 11 is 0. The Kier molecular flexibility index (Phi) is 4.43. The lowest BCUT2D eigenvalue weighted by atomic mass is 10.2. The first kappa shape index (κ1) is 14.9. The Morgan fingerprint density at radius 1 is 0.783 bits per heavy atom. The molecule has 0 saturated heterocycles. The Morgan fingerprint density at radius 2 is 1.52 bits per heavy atom. The molecule has 4 N–H and O–H groups in total. The molecule has 1 heterocycles. The van der Waals surface area contributed by atoms with Gasteiger partial charge in [-0.3, -0.25) is 0 Å². The highest BCUT2D eigenvalue weighted by atomic mass is 16.5. The van der Waals surface area contributed by atoms with Crippen molar-refractivity contribution in [1.82, 2.24) is 0 Å². The lowest BCUT2D eigenvalue weighted by molar-refractivity contribution is -0.687. The van der Waals surface area contributed by atoms with Crippen LogP contribution in [0.3, 0.4) is 0 Å². The van der Waals surface area contributed by atoms with Gasteiger partial charge in [0.25, 0.3) is 0 Å². The van der Waals surface area contributed by atoms with Crippen LogP contribution in [0.15, 0.2) is 73.1 Å². The summed E-state index contributed by atoms with van der Waals surface area (Å²) < 4.78 is 7.79. The van der Waals surface area contributed by atoms with Crippen molar-refractivity contribution in [1.29, 1.82) is 0 Å². The normalized spacial score (nSPS) is 10.4. The summed E-state index contributed by atoms with van der Waals surface area (Å²) in [5.74, 6) is 0.861. The molecule has 0 amide bonds. The second kappa shape index (κ2) is 6.83. The summed E-state index contributed by atoms with van der Waals surface area (Å²) in [7, 11) is 0. The van der Waals surface area contributed by atoms with Crippen LogP contribution in [0.25, 0.3) is 0 Å². The Labute approximate surface area is 135 Å². The van der Waals surface area contributed by atoms with Crippen molar-refractivity contribution in [2.75, 3.05) is 11.5 Å². The monoisotopic (exact) mass is 306 g/mol. The number of rotatable bonds is 5. The molecule has 0 radical (unpaired) electrons. The third kappa shape index (κ3) is 4.01. The van der Waals surface area contributed by atoms with Crippen LogP contribution in [0.5, 0.6) is 5.75 Å². The van der Waals surface area contributed by atoms with E-state index in [-0.39, 0.29) is 0 Å². The van der Waals surface area contributed by atoms with E-state index in [0.717, 1.165) is 17.9 Å². The van der Waals surface area contributed by atoms with Crippen molar-refractivity contribution in [3.8, 4) is 5.75 Å². The summed E-state index contributed by atoms with van der Waals surface area (Å²) in [6.45, 7) is 1.31. The number of aromatic nitrogens is 1. The second-order valence-corrected chi connectivity index (χ2v) is 5.45. The molecule has 0 fully saturated rings. The zero-order valence-corrected chi connectivity index (χ0v) is 12.9. The van der Waals surface area contributed by atoms with Gasteiger partial charge in [0.1, 0.15) is 18.0 Å². The fourth-order valence-corrected chi connectivity index (χ4v) is 2.31. The van der Waals surface area contributed by atoms with Crippen molar-refractivity contribution < 1.29 is 9.30 Å². The largest absolute Gasteiger partial charge is 0.489 e. The molecule has 0 spiro atoms. The van der Waals surface area contributed by atoms with Crippen LogP contribution in [0.4, 0.5) is 11.4 Å². The molecule has 3 aromatic rings. The predicted octanol–water partition coefficient (Wildman–Crippen LogP) is 2.77. The number of ether oxygens (including phenoxy) is 1. The van der Waals surface area contributed by atoms with Gasteiger partial charge in [-0.2, -0.15) is 4.57 Å². The van der Waals surface area contributed by atoms with Crippen LogP contribution < -0.4 is 20.8 Å². The van der Waals surface area contributed by atoms with Gasteiger partial charge >= 0.3 is 0 Å². The van der Waals surface area contributed by atoms with Crippen LogP contribution >= 0.6 is 0 Å². The lowest BCUT2D eigenvalue weighted by Gasteiger charge is -2.07. The minimum Gasteiger partial charge on any atom is -0.489 e. The van der Waals surface area contributed by atoms with E-state index in [1.807, 2.05) is 53.4 Å². The summed E-state index contributed by atoms with van der Waals surface area (Å²) in [6, 6.07) is 20.0. The van der Waals surface area contributed by atoms with Crippen LogP contribution in [-0.4, -0.2) is 0 Å². The van der Waals surface area contributed by atoms with Crippen LogP contribution in [0.1, 0.15) is 11.1 Å². The van der Waals surface area contributed by atoms with Gasteiger partial charge in [-0.05, 0) is 29.8 Å². The zero-order valence-electron chi connectivity index (χ0n) is 12.9. The van der Waals surface area contributed by atoms with Gasteiger partial charge in [0.05, 0.1) is 5.69 Å². The van der Waals surface area contributed by atoms with Crippen LogP contribution in [0, 0.1) is 0 Å². The highest BCUT2D eigenvalue weighted by Crippen LogP contribution is 2.15. The summed E-state index contributed by atoms with van der Waals surface area (Å²) in [5, 5.41) is 0. The van der Waals surface area contributed by atoms with Crippen molar-refractivity contribution in [2.45, 2.75) is 13.2 Å². The topological polar surface area (TPSA) is 65.1 Å². The first-order chi connectivity index (χ1) is 11.2. The van der Waals surface area contributed by atoms with E-state index < -0.39 is 0 Å². The Balaban J connectivity index is 1.61. The molecule has 0 atom stereocenters. The summed E-state index contributed by atoms with van der Waals surface area (Å²) in [6.07, 6.45) is 3.76. The molecule has 1 aromatic heterocycles. The maximum atomic E-state index is 5.83. The van der Waals surface area contributed by atoms with Crippen molar-refractivity contribution in [2.24, 2.45) is 0 Å². The zero-order chi connectivity index (χ0) is 16.1. The number of hydrogen-bond donors (Lipinski definition) is 2. The molecule has 3 rings (SSSR count). The van der Waals surface area contributed by atoms with Crippen molar-refractivity contribution >= 4 is 11.4 Å². The number of nitrogens with zero attached hydrogens (tertiary/aromatic N) is 1. The number of anilines is 2. The number of hydrogen-bond acceptors (Lipinski definition) is 3. The van der Waals surface area contributed by atoms with Gasteiger partial charge in [0, 0.05) is 11.6 Å². The van der Waals surface area contributed by atoms with E-state index in [9.17, 15) is 0 Å². The second-order valence-electron chi connectivity index (χ2n) is 5.45. The Morgan fingerprint density at radius 3 is 2.22 bits per heavy atom. The van der Waals surface area contributed by atoms with Gasteiger partial charge in [0.15, 0.2) is 18.9 Å². The quantitative estimate of drug-likeness (QED) is 0.712. The molecule has 0 unspecified atom stereocenters. The third-order valence-corrected chi connectivity index (χ3v) is 3.62. The molecule has 0 aliphatic carbocycles. The molecular formula is C19H20N3O+. The highest BCUT2D eigenvalue weighted by Gasteiger charge is 2.06. The van der Waals surface area contributed by atoms with Gasteiger partial charge in [-0.15, -0.1) is 0 Å². The van der Waals surface area contributed by atoms with Crippen molar-refractivity contribution in [3.63, 3.8) is 0 Å². The van der Waals surface area contributed by atoms with Gasteiger partial charge in [-0.1, -0.05) is 30.3 Å². The molecule has 0 aliphatic rings. The Hall–Kier alpha value is -3.01. The molecule has 0 saturated carbocycles. The van der Waals surface area contributed by atoms with Gasteiger partial charge < -0.3 is 16.2 Å². The van der Waals surface area contributed by atoms with Crippen LogP contribution in [0.2, 0.25) is 0 Å². The molecule has 116 valence electrons. The number of nitrogen functional groups attached to an aromatic ring is 2. The molecule has 23 heavy (non-hydrogen) atoms. The third-order valence-electron chi connectivity index (χ3n) is 3.62. The lowest BCUT2D eigenvalue weighted by Crippen LogP contribution is -2.33. The predicted molar refractivity (Wildman–Crippen MR) is 91.8 cm³/mol. The smallest absolute Gasteiger partial charge is 0.194 e. The fraction of sp³-hybridized carbons (Fsp3) is 0.105. The highest BCUT2D eigenvalue weighted by molar-refractivity contribution is 5.59. The van der Waals surface area contributed by atoms with E-state index in [2.05, 4.69) is 24.3 Å². The molecular weight excluding hydrogens is 286 g/mol. The molecule has 4 nitrogen and oxygen atoms in total. The summed E-state index contributed by atoms with van der Waals surface area (Å²) in [4.78, 5) is 0. The van der Waals surface area contributed by atoms with Crippen LogP contribution in [-0.2, 0) is 13.2 Å². The van der Waals surface area contributed by atoms with E-state index in [1.54, 1.807) is 0 Å². The van der Waals surface area contributed by atoms with E-state index in [4.69, 9.17) is 16.2 Å². The molecule has 0 bridgehead atoms. The number of nitrogens with two attached hydrogens (primary N) is 2. The first-order valence-electron chi connectivity index (χ1n) is 7.50. The maximum Gasteiger partial charge on any atom is 0.194 e. The van der Waals surface area contributed by atoms with E-state index in [0.29, 0.717) is 18.0 Å².